The van der Waals surface area contributed by atoms with Crippen LogP contribution >= 0.6 is 0 Å². The van der Waals surface area contributed by atoms with Gasteiger partial charge in [0.15, 0.2) is 0 Å². The molecule has 0 aliphatic carbocycles. The van der Waals surface area contributed by atoms with E-state index in [-0.39, 0.29) is 0 Å². The number of anilines is 1. The molecule has 114 valence electrons. The van der Waals surface area contributed by atoms with Crippen LogP contribution in [0.25, 0.3) is 0 Å². The molecule has 1 aromatic carbocycles. The Hall–Kier alpha value is -1.02. The average Bonchev–Trinajstić information content (AvgIpc) is 2.49. The van der Waals surface area contributed by atoms with Gasteiger partial charge in [-0.1, -0.05) is 50.8 Å². The summed E-state index contributed by atoms with van der Waals surface area (Å²) in [5.74, 6) is 0. The lowest BCUT2D eigenvalue weighted by atomic mass is 10.1. The molecule has 2 heteroatoms. The van der Waals surface area contributed by atoms with Crippen molar-refractivity contribution >= 4 is 5.69 Å². The Morgan fingerprint density at radius 2 is 1.80 bits per heavy atom. The summed E-state index contributed by atoms with van der Waals surface area (Å²) in [4.78, 5) is 2.33. The fourth-order valence-corrected chi connectivity index (χ4v) is 2.46. The van der Waals surface area contributed by atoms with Crippen LogP contribution in [-0.2, 0) is 0 Å². The van der Waals surface area contributed by atoms with Crippen molar-refractivity contribution in [3.63, 3.8) is 0 Å². The van der Waals surface area contributed by atoms with Crippen LogP contribution in [0, 0.1) is 0 Å². The zero-order valence-electron chi connectivity index (χ0n) is 13.6. The minimum Gasteiger partial charge on any atom is -0.375 e. The maximum Gasteiger partial charge on any atom is 0.0363 e. The van der Waals surface area contributed by atoms with Crippen LogP contribution in [-0.4, -0.2) is 26.2 Å². The lowest BCUT2D eigenvalue weighted by molar-refractivity contribution is 0.479. The second-order valence-electron chi connectivity index (χ2n) is 5.82. The average molecular weight is 276 g/mol. The number of nitrogens with one attached hydrogen (secondary N) is 1. The predicted octanol–water partition coefficient (Wildman–Crippen LogP) is 4.46. The van der Waals surface area contributed by atoms with Crippen molar-refractivity contribution < 1.29 is 0 Å². The topological polar surface area (TPSA) is 15.3 Å². The molecule has 0 heterocycles. The summed E-state index contributed by atoms with van der Waals surface area (Å²) in [6.07, 6.45) is 7.98. The molecule has 0 aliphatic rings. The van der Waals surface area contributed by atoms with E-state index in [0.717, 1.165) is 13.1 Å². The summed E-state index contributed by atoms with van der Waals surface area (Å²) >= 11 is 0. The Bertz CT molecular complexity index is 323. The second kappa shape index (κ2) is 10.7. The first-order valence-corrected chi connectivity index (χ1v) is 8.23. The maximum atomic E-state index is 3.64. The third-order valence-electron chi connectivity index (χ3n) is 3.85. The van der Waals surface area contributed by atoms with Crippen LogP contribution in [0.3, 0.4) is 0 Å². The van der Waals surface area contributed by atoms with Crippen LogP contribution in [0.4, 0.5) is 5.69 Å². The number of benzene rings is 1. The summed E-state index contributed by atoms with van der Waals surface area (Å²) in [5, 5.41) is 3.64. The summed E-state index contributed by atoms with van der Waals surface area (Å²) in [7, 11) is 2.17. The molecule has 1 unspecified atom stereocenters. The van der Waals surface area contributed by atoms with Gasteiger partial charge in [0, 0.05) is 25.3 Å². The third kappa shape index (κ3) is 7.54. The summed E-state index contributed by atoms with van der Waals surface area (Å²) < 4.78 is 0. The quantitative estimate of drug-likeness (QED) is 0.600. The number of para-hydroxylation sites is 1. The number of rotatable bonds is 11. The highest BCUT2D eigenvalue weighted by Gasteiger charge is 2.02. The van der Waals surface area contributed by atoms with Crippen molar-refractivity contribution in [3.8, 4) is 0 Å². The van der Waals surface area contributed by atoms with E-state index >= 15 is 0 Å². The SMILES string of the molecule is CCCCCCC(C)NCCCN(C)c1ccccc1. The number of hydrogen-bond donors (Lipinski definition) is 1. The molecule has 1 rings (SSSR count). The van der Waals surface area contributed by atoms with E-state index in [1.54, 1.807) is 0 Å². The molecule has 1 aromatic rings. The molecular weight excluding hydrogens is 244 g/mol. The van der Waals surface area contributed by atoms with Gasteiger partial charge < -0.3 is 10.2 Å². The fraction of sp³-hybridized carbons (Fsp3) is 0.667. The van der Waals surface area contributed by atoms with E-state index in [9.17, 15) is 0 Å². The molecule has 0 aromatic heterocycles. The first-order chi connectivity index (χ1) is 9.74. The Kier molecular flexibility index (Phi) is 9.14. The Balaban J connectivity index is 2.03. The molecule has 0 spiro atoms. The molecule has 1 atom stereocenters. The Morgan fingerprint density at radius 1 is 1.05 bits per heavy atom. The Labute approximate surface area is 125 Å². The predicted molar refractivity (Wildman–Crippen MR) is 90.6 cm³/mol. The summed E-state index contributed by atoms with van der Waals surface area (Å²) in [6, 6.07) is 11.3. The molecule has 2 nitrogen and oxygen atoms in total. The normalized spacial score (nSPS) is 12.3. The van der Waals surface area contributed by atoms with Crippen LogP contribution in [0.5, 0.6) is 0 Å². The van der Waals surface area contributed by atoms with Gasteiger partial charge in [-0.25, -0.2) is 0 Å². The smallest absolute Gasteiger partial charge is 0.0363 e. The van der Waals surface area contributed by atoms with Gasteiger partial charge in [0.1, 0.15) is 0 Å². The zero-order valence-corrected chi connectivity index (χ0v) is 13.6. The second-order valence-corrected chi connectivity index (χ2v) is 5.82. The van der Waals surface area contributed by atoms with E-state index in [4.69, 9.17) is 0 Å². The molecule has 0 amide bonds. The first-order valence-electron chi connectivity index (χ1n) is 8.23. The van der Waals surface area contributed by atoms with E-state index in [1.807, 2.05) is 0 Å². The van der Waals surface area contributed by atoms with Crippen molar-refractivity contribution in [2.75, 3.05) is 25.0 Å². The molecule has 0 bridgehead atoms. The van der Waals surface area contributed by atoms with Gasteiger partial charge in [-0.3, -0.25) is 0 Å². The van der Waals surface area contributed by atoms with Gasteiger partial charge >= 0.3 is 0 Å². The van der Waals surface area contributed by atoms with Gasteiger partial charge in [0.05, 0.1) is 0 Å². The van der Waals surface area contributed by atoms with Crippen molar-refractivity contribution in [3.05, 3.63) is 30.3 Å². The van der Waals surface area contributed by atoms with Crippen LogP contribution in [0.1, 0.15) is 52.4 Å². The van der Waals surface area contributed by atoms with Crippen LogP contribution < -0.4 is 10.2 Å². The highest BCUT2D eigenvalue weighted by atomic mass is 15.1. The summed E-state index contributed by atoms with van der Waals surface area (Å²) in [6.45, 7) is 6.81. The van der Waals surface area contributed by atoms with Crippen LogP contribution in [0.2, 0.25) is 0 Å². The molecular formula is C18H32N2. The lowest BCUT2D eigenvalue weighted by Crippen LogP contribution is -2.29. The molecule has 1 N–H and O–H groups in total. The highest BCUT2D eigenvalue weighted by Crippen LogP contribution is 2.11. The van der Waals surface area contributed by atoms with Gasteiger partial charge in [0.2, 0.25) is 0 Å². The number of hydrogen-bond acceptors (Lipinski definition) is 2. The zero-order chi connectivity index (χ0) is 14.6. The van der Waals surface area contributed by atoms with Crippen molar-refractivity contribution in [2.24, 2.45) is 0 Å². The number of nitrogens with zero attached hydrogens (tertiary/aromatic N) is 1. The number of unbranched alkanes of at least 4 members (excludes halogenated alkanes) is 3. The minimum atomic E-state index is 0.661. The van der Waals surface area contributed by atoms with Crippen molar-refractivity contribution in [2.45, 2.75) is 58.4 Å². The van der Waals surface area contributed by atoms with Crippen molar-refractivity contribution in [1.82, 2.24) is 5.32 Å². The van der Waals surface area contributed by atoms with Gasteiger partial charge in [-0.15, -0.1) is 0 Å². The molecule has 20 heavy (non-hydrogen) atoms. The molecule has 0 aliphatic heterocycles. The largest absolute Gasteiger partial charge is 0.375 e. The molecule has 0 fully saturated rings. The molecule has 0 saturated carbocycles. The van der Waals surface area contributed by atoms with Gasteiger partial charge in [-0.2, -0.15) is 0 Å². The van der Waals surface area contributed by atoms with Crippen LogP contribution in [0.15, 0.2) is 30.3 Å². The monoisotopic (exact) mass is 276 g/mol. The lowest BCUT2D eigenvalue weighted by Gasteiger charge is -2.20. The summed E-state index contributed by atoms with van der Waals surface area (Å²) in [5.41, 5.74) is 1.31. The molecule has 0 saturated heterocycles. The van der Waals surface area contributed by atoms with E-state index in [2.05, 4.69) is 61.4 Å². The van der Waals surface area contributed by atoms with E-state index in [1.165, 1.54) is 44.2 Å². The first kappa shape index (κ1) is 17.0. The third-order valence-corrected chi connectivity index (χ3v) is 3.85. The van der Waals surface area contributed by atoms with Gasteiger partial charge in [-0.05, 0) is 38.4 Å². The standard InChI is InChI=1S/C18H32N2/c1-4-5-6-8-12-17(2)19-15-11-16-20(3)18-13-9-7-10-14-18/h7,9-10,13-14,17,19H,4-6,8,11-12,15-16H2,1-3H3. The van der Waals surface area contributed by atoms with Gasteiger partial charge in [0.25, 0.3) is 0 Å². The van der Waals surface area contributed by atoms with E-state index < -0.39 is 0 Å². The minimum absolute atomic E-state index is 0.661. The Morgan fingerprint density at radius 3 is 2.50 bits per heavy atom. The molecule has 0 radical (unpaired) electrons. The maximum absolute atomic E-state index is 3.64. The highest BCUT2D eigenvalue weighted by molar-refractivity contribution is 5.44. The fourth-order valence-electron chi connectivity index (χ4n) is 2.46. The van der Waals surface area contributed by atoms with Crippen molar-refractivity contribution in [1.29, 1.82) is 0 Å². The van der Waals surface area contributed by atoms with E-state index in [0.29, 0.717) is 6.04 Å².